The van der Waals surface area contributed by atoms with Crippen LogP contribution in [0.2, 0.25) is 0 Å². The Morgan fingerprint density at radius 1 is 1.17 bits per heavy atom. The molecule has 122 valence electrons. The molecule has 0 aliphatic rings. The largest absolute Gasteiger partial charge is 0.481 e. The molecule has 3 rings (SSSR count). The molecule has 0 radical (unpaired) electrons. The van der Waals surface area contributed by atoms with Gasteiger partial charge in [0, 0.05) is 14.8 Å². The van der Waals surface area contributed by atoms with Gasteiger partial charge >= 0.3 is 0 Å². The second-order valence-corrected chi connectivity index (χ2v) is 6.27. The molecule has 2 aromatic carbocycles. The monoisotopic (exact) mass is 435 g/mol. The van der Waals surface area contributed by atoms with E-state index in [1.165, 1.54) is 6.39 Å². The summed E-state index contributed by atoms with van der Waals surface area (Å²) in [4.78, 5) is 12.2. The maximum Gasteiger partial charge on any atom is 0.265 e. The van der Waals surface area contributed by atoms with Gasteiger partial charge in [0.25, 0.3) is 5.91 Å². The van der Waals surface area contributed by atoms with Crippen molar-refractivity contribution in [2.24, 2.45) is 0 Å². The van der Waals surface area contributed by atoms with Crippen molar-refractivity contribution in [2.45, 2.75) is 13.0 Å². The molecular weight excluding hydrogens is 421 g/mol. The van der Waals surface area contributed by atoms with Crippen LogP contribution in [0.5, 0.6) is 5.75 Å². The van der Waals surface area contributed by atoms with Crippen LogP contribution in [0.3, 0.4) is 0 Å². The number of benzene rings is 2. The fourth-order valence-electron chi connectivity index (χ4n) is 2.01. The van der Waals surface area contributed by atoms with E-state index in [0.29, 0.717) is 11.6 Å². The van der Waals surface area contributed by atoms with Crippen LogP contribution in [0.25, 0.3) is 11.5 Å². The van der Waals surface area contributed by atoms with Gasteiger partial charge in [0.1, 0.15) is 5.75 Å². The van der Waals surface area contributed by atoms with Crippen molar-refractivity contribution >= 4 is 34.2 Å². The van der Waals surface area contributed by atoms with Crippen molar-refractivity contribution in [3.8, 4) is 17.2 Å². The van der Waals surface area contributed by atoms with Crippen LogP contribution in [0.15, 0.2) is 59.3 Å². The minimum absolute atomic E-state index is 0.211. The topological polar surface area (TPSA) is 77.2 Å². The number of carbonyl (C=O) groups is 1. The molecule has 1 heterocycles. The van der Waals surface area contributed by atoms with Gasteiger partial charge in [-0.15, -0.1) is 10.2 Å². The van der Waals surface area contributed by atoms with Gasteiger partial charge in [0.15, 0.2) is 6.10 Å². The van der Waals surface area contributed by atoms with Gasteiger partial charge in [-0.3, -0.25) is 4.79 Å². The van der Waals surface area contributed by atoms with E-state index < -0.39 is 6.10 Å². The standard InChI is InChI=1S/C17H14IN3O3/c1-11(16(22)20-14-6-4-13(18)5-7-14)24-15-8-2-12(3-9-15)17-21-19-10-23-17/h2-11H,1H3,(H,20,22). The van der Waals surface area contributed by atoms with Crippen molar-refractivity contribution in [1.29, 1.82) is 0 Å². The Labute approximate surface area is 152 Å². The van der Waals surface area contributed by atoms with Crippen LogP contribution >= 0.6 is 22.6 Å². The molecule has 0 bridgehead atoms. The third-order valence-electron chi connectivity index (χ3n) is 3.26. The summed E-state index contributed by atoms with van der Waals surface area (Å²) in [5.41, 5.74) is 1.53. The lowest BCUT2D eigenvalue weighted by Gasteiger charge is -2.15. The summed E-state index contributed by atoms with van der Waals surface area (Å²) >= 11 is 2.21. The number of hydrogen-bond acceptors (Lipinski definition) is 5. The number of nitrogens with zero attached hydrogens (tertiary/aromatic N) is 2. The second kappa shape index (κ2) is 7.43. The Morgan fingerprint density at radius 2 is 1.88 bits per heavy atom. The van der Waals surface area contributed by atoms with Gasteiger partial charge in [0.2, 0.25) is 12.3 Å². The highest BCUT2D eigenvalue weighted by Crippen LogP contribution is 2.21. The zero-order valence-electron chi connectivity index (χ0n) is 12.8. The molecule has 24 heavy (non-hydrogen) atoms. The zero-order chi connectivity index (χ0) is 16.9. The van der Waals surface area contributed by atoms with Gasteiger partial charge in [-0.25, -0.2) is 0 Å². The molecule has 0 fully saturated rings. The normalized spacial score (nSPS) is 11.8. The predicted octanol–water partition coefficient (Wildman–Crippen LogP) is 3.75. The van der Waals surface area contributed by atoms with Crippen LogP contribution in [-0.4, -0.2) is 22.2 Å². The van der Waals surface area contributed by atoms with E-state index in [1.54, 1.807) is 31.2 Å². The van der Waals surface area contributed by atoms with Crippen molar-refractivity contribution in [1.82, 2.24) is 10.2 Å². The van der Waals surface area contributed by atoms with Crippen LogP contribution < -0.4 is 10.1 Å². The summed E-state index contributed by atoms with van der Waals surface area (Å²) in [6, 6.07) is 14.7. The number of ether oxygens (including phenoxy) is 1. The van der Waals surface area contributed by atoms with Crippen LogP contribution in [0.1, 0.15) is 6.92 Å². The fourth-order valence-corrected chi connectivity index (χ4v) is 2.37. The van der Waals surface area contributed by atoms with E-state index in [4.69, 9.17) is 9.15 Å². The molecule has 0 saturated carbocycles. The summed E-state index contributed by atoms with van der Waals surface area (Å²) < 4.78 is 11.9. The third kappa shape index (κ3) is 4.10. The molecule has 1 N–H and O–H groups in total. The summed E-state index contributed by atoms with van der Waals surface area (Å²) in [7, 11) is 0. The van der Waals surface area contributed by atoms with Gasteiger partial charge in [-0.05, 0) is 78.0 Å². The van der Waals surface area contributed by atoms with E-state index in [0.717, 1.165) is 14.8 Å². The molecule has 7 heteroatoms. The molecule has 0 saturated heterocycles. The zero-order valence-corrected chi connectivity index (χ0v) is 14.9. The Bertz CT molecular complexity index is 802. The number of anilines is 1. The molecule has 6 nitrogen and oxygen atoms in total. The Hall–Kier alpha value is -2.42. The first-order valence-electron chi connectivity index (χ1n) is 7.21. The van der Waals surface area contributed by atoms with Crippen molar-refractivity contribution < 1.29 is 13.9 Å². The third-order valence-corrected chi connectivity index (χ3v) is 3.97. The van der Waals surface area contributed by atoms with E-state index in [9.17, 15) is 4.79 Å². The number of carbonyl (C=O) groups excluding carboxylic acids is 1. The number of aromatic nitrogens is 2. The number of amides is 1. The Balaban J connectivity index is 1.60. The highest BCUT2D eigenvalue weighted by molar-refractivity contribution is 14.1. The lowest BCUT2D eigenvalue weighted by Crippen LogP contribution is -2.30. The van der Waals surface area contributed by atoms with Gasteiger partial charge in [-0.1, -0.05) is 0 Å². The second-order valence-electron chi connectivity index (χ2n) is 5.02. The Kier molecular flexibility index (Phi) is 5.09. The quantitative estimate of drug-likeness (QED) is 0.618. The van der Waals surface area contributed by atoms with Crippen LogP contribution in [0, 0.1) is 3.57 Å². The van der Waals surface area contributed by atoms with Crippen molar-refractivity contribution in [3.05, 3.63) is 58.5 Å². The molecule has 3 aromatic rings. The molecule has 1 unspecified atom stereocenters. The molecule has 0 aliphatic heterocycles. The van der Waals surface area contributed by atoms with Crippen molar-refractivity contribution in [3.63, 3.8) is 0 Å². The molecule has 0 spiro atoms. The summed E-state index contributed by atoms with van der Waals surface area (Å²) in [5.74, 6) is 0.812. The SMILES string of the molecule is CC(Oc1ccc(-c2nnco2)cc1)C(=O)Nc1ccc(I)cc1. The smallest absolute Gasteiger partial charge is 0.265 e. The van der Waals surface area contributed by atoms with E-state index >= 15 is 0 Å². The minimum atomic E-state index is -0.626. The van der Waals surface area contributed by atoms with Gasteiger partial charge in [0.05, 0.1) is 0 Å². The first-order chi connectivity index (χ1) is 11.6. The minimum Gasteiger partial charge on any atom is -0.481 e. The van der Waals surface area contributed by atoms with Crippen molar-refractivity contribution in [2.75, 3.05) is 5.32 Å². The van der Waals surface area contributed by atoms with Crippen LogP contribution in [0.4, 0.5) is 5.69 Å². The summed E-state index contributed by atoms with van der Waals surface area (Å²) in [5, 5.41) is 10.3. The first kappa shape index (κ1) is 16.4. The van der Waals surface area contributed by atoms with Crippen LogP contribution in [-0.2, 0) is 4.79 Å². The molecule has 1 atom stereocenters. The number of nitrogens with one attached hydrogen (secondary N) is 1. The lowest BCUT2D eigenvalue weighted by molar-refractivity contribution is -0.122. The van der Waals surface area contributed by atoms with E-state index in [2.05, 4.69) is 38.1 Å². The number of halogens is 1. The lowest BCUT2D eigenvalue weighted by atomic mass is 10.2. The average Bonchev–Trinajstić information content (AvgIpc) is 3.12. The summed E-state index contributed by atoms with van der Waals surface area (Å²) in [6.45, 7) is 1.70. The van der Waals surface area contributed by atoms with Gasteiger partial charge < -0.3 is 14.5 Å². The highest BCUT2D eigenvalue weighted by Gasteiger charge is 2.15. The molecule has 1 amide bonds. The highest BCUT2D eigenvalue weighted by atomic mass is 127. The predicted molar refractivity (Wildman–Crippen MR) is 97.6 cm³/mol. The summed E-state index contributed by atoms with van der Waals surface area (Å²) in [6.07, 6.45) is 0.648. The van der Waals surface area contributed by atoms with E-state index in [1.807, 2.05) is 24.3 Å². The average molecular weight is 435 g/mol. The number of rotatable bonds is 5. The molecule has 1 aromatic heterocycles. The molecule has 0 aliphatic carbocycles. The number of hydrogen-bond donors (Lipinski definition) is 1. The first-order valence-corrected chi connectivity index (χ1v) is 8.29. The van der Waals surface area contributed by atoms with Gasteiger partial charge in [-0.2, -0.15) is 0 Å². The maximum absolute atomic E-state index is 12.2. The maximum atomic E-state index is 12.2. The molecular formula is C17H14IN3O3. The van der Waals surface area contributed by atoms with E-state index in [-0.39, 0.29) is 5.91 Å². The Morgan fingerprint density at radius 3 is 2.50 bits per heavy atom. The fraction of sp³-hybridized carbons (Fsp3) is 0.118.